The zero-order valence-corrected chi connectivity index (χ0v) is 11.9. The SMILES string of the molecule is Cc1cnn(Cc2ccc(Cn3ccccc3=O)cc2)c1. The van der Waals surface area contributed by atoms with Crippen LogP contribution in [0.1, 0.15) is 16.7 Å². The van der Waals surface area contributed by atoms with E-state index in [2.05, 4.69) is 29.4 Å². The molecule has 2 heterocycles. The number of rotatable bonds is 4. The van der Waals surface area contributed by atoms with Crippen molar-refractivity contribution >= 4 is 0 Å². The van der Waals surface area contributed by atoms with Crippen LogP contribution in [0.4, 0.5) is 0 Å². The quantitative estimate of drug-likeness (QED) is 0.736. The summed E-state index contributed by atoms with van der Waals surface area (Å²) in [5, 5.41) is 4.28. The fraction of sp³-hybridized carbons (Fsp3) is 0.176. The van der Waals surface area contributed by atoms with E-state index in [9.17, 15) is 4.79 Å². The summed E-state index contributed by atoms with van der Waals surface area (Å²) in [6.07, 6.45) is 5.69. The maximum atomic E-state index is 11.7. The van der Waals surface area contributed by atoms with Gasteiger partial charge in [-0.25, -0.2) is 0 Å². The van der Waals surface area contributed by atoms with Crippen molar-refractivity contribution in [1.29, 1.82) is 0 Å². The average molecular weight is 279 g/mol. The van der Waals surface area contributed by atoms with E-state index < -0.39 is 0 Å². The Hall–Kier alpha value is -2.62. The summed E-state index contributed by atoms with van der Waals surface area (Å²) >= 11 is 0. The lowest BCUT2D eigenvalue weighted by atomic mass is 10.1. The summed E-state index contributed by atoms with van der Waals surface area (Å²) in [5.41, 5.74) is 3.50. The molecule has 106 valence electrons. The number of hydrogen-bond acceptors (Lipinski definition) is 2. The molecule has 1 aromatic carbocycles. The minimum Gasteiger partial charge on any atom is -0.311 e. The molecular formula is C17H17N3O. The monoisotopic (exact) mass is 279 g/mol. The van der Waals surface area contributed by atoms with E-state index in [1.54, 1.807) is 16.7 Å². The Kier molecular flexibility index (Phi) is 3.69. The average Bonchev–Trinajstić information content (AvgIpc) is 2.89. The first-order chi connectivity index (χ1) is 10.2. The van der Waals surface area contributed by atoms with E-state index in [4.69, 9.17) is 0 Å². The summed E-state index contributed by atoms with van der Waals surface area (Å²) in [5.74, 6) is 0. The fourth-order valence-corrected chi connectivity index (χ4v) is 2.28. The van der Waals surface area contributed by atoms with Crippen LogP contribution in [0.3, 0.4) is 0 Å². The van der Waals surface area contributed by atoms with E-state index in [0.717, 1.165) is 17.7 Å². The minimum absolute atomic E-state index is 0.0218. The van der Waals surface area contributed by atoms with Crippen molar-refractivity contribution in [2.45, 2.75) is 20.0 Å². The van der Waals surface area contributed by atoms with Gasteiger partial charge in [-0.05, 0) is 29.7 Å². The lowest BCUT2D eigenvalue weighted by molar-refractivity contribution is 0.685. The van der Waals surface area contributed by atoms with Gasteiger partial charge in [-0.2, -0.15) is 5.10 Å². The molecule has 0 radical (unpaired) electrons. The molecule has 2 aromatic heterocycles. The molecule has 0 spiro atoms. The van der Waals surface area contributed by atoms with Crippen molar-refractivity contribution in [3.8, 4) is 0 Å². The smallest absolute Gasteiger partial charge is 0.250 e. The van der Waals surface area contributed by atoms with Crippen LogP contribution in [0.25, 0.3) is 0 Å². The molecular weight excluding hydrogens is 262 g/mol. The molecule has 0 aliphatic rings. The fourth-order valence-electron chi connectivity index (χ4n) is 2.28. The summed E-state index contributed by atoms with van der Waals surface area (Å²) in [4.78, 5) is 11.7. The molecule has 21 heavy (non-hydrogen) atoms. The van der Waals surface area contributed by atoms with Gasteiger partial charge in [-0.15, -0.1) is 0 Å². The third-order valence-corrected chi connectivity index (χ3v) is 3.38. The minimum atomic E-state index is 0.0218. The van der Waals surface area contributed by atoms with E-state index in [0.29, 0.717) is 6.54 Å². The molecule has 3 rings (SSSR count). The van der Waals surface area contributed by atoms with Crippen molar-refractivity contribution in [3.05, 3.63) is 88.1 Å². The molecule has 0 aliphatic heterocycles. The Morgan fingerprint density at radius 1 is 1.00 bits per heavy atom. The zero-order valence-electron chi connectivity index (χ0n) is 11.9. The Bertz CT molecular complexity index is 784. The van der Waals surface area contributed by atoms with Gasteiger partial charge >= 0.3 is 0 Å². The van der Waals surface area contributed by atoms with Crippen LogP contribution >= 0.6 is 0 Å². The maximum Gasteiger partial charge on any atom is 0.250 e. The van der Waals surface area contributed by atoms with E-state index >= 15 is 0 Å². The molecule has 0 bridgehead atoms. The predicted octanol–water partition coefficient (Wildman–Crippen LogP) is 2.45. The highest BCUT2D eigenvalue weighted by atomic mass is 16.1. The Morgan fingerprint density at radius 2 is 1.71 bits per heavy atom. The molecule has 0 atom stereocenters. The van der Waals surface area contributed by atoms with Crippen molar-refractivity contribution in [2.75, 3.05) is 0 Å². The third-order valence-electron chi connectivity index (χ3n) is 3.38. The molecule has 0 saturated carbocycles. The van der Waals surface area contributed by atoms with E-state index in [1.807, 2.05) is 36.3 Å². The summed E-state index contributed by atoms with van der Waals surface area (Å²) in [6.45, 7) is 3.39. The normalized spacial score (nSPS) is 10.7. The molecule has 0 unspecified atom stereocenters. The predicted molar refractivity (Wildman–Crippen MR) is 82.3 cm³/mol. The standard InChI is InChI=1S/C17H17N3O/c1-14-10-18-20(11-14)13-16-7-5-15(6-8-16)12-19-9-3-2-4-17(19)21/h2-11H,12-13H2,1H3. The van der Waals surface area contributed by atoms with E-state index in [-0.39, 0.29) is 5.56 Å². The van der Waals surface area contributed by atoms with Gasteiger partial charge in [0.25, 0.3) is 5.56 Å². The van der Waals surface area contributed by atoms with Gasteiger partial charge in [0.2, 0.25) is 0 Å². The van der Waals surface area contributed by atoms with Gasteiger partial charge in [0.05, 0.1) is 19.3 Å². The molecule has 0 fully saturated rings. The van der Waals surface area contributed by atoms with Crippen LogP contribution in [0.15, 0.2) is 65.8 Å². The second-order valence-corrected chi connectivity index (χ2v) is 5.20. The highest BCUT2D eigenvalue weighted by Crippen LogP contribution is 2.08. The van der Waals surface area contributed by atoms with Crippen LogP contribution in [-0.2, 0) is 13.1 Å². The second-order valence-electron chi connectivity index (χ2n) is 5.20. The Balaban J connectivity index is 1.72. The highest BCUT2D eigenvalue weighted by molar-refractivity contribution is 5.23. The number of aromatic nitrogens is 3. The molecule has 4 nitrogen and oxygen atoms in total. The first kappa shape index (κ1) is 13.4. The lowest BCUT2D eigenvalue weighted by Crippen LogP contribution is -2.18. The molecule has 0 aliphatic carbocycles. The number of hydrogen-bond donors (Lipinski definition) is 0. The largest absolute Gasteiger partial charge is 0.311 e. The van der Waals surface area contributed by atoms with Gasteiger partial charge in [-0.1, -0.05) is 30.3 Å². The van der Waals surface area contributed by atoms with Gasteiger partial charge in [0.15, 0.2) is 0 Å². The number of nitrogens with zero attached hydrogens (tertiary/aromatic N) is 3. The first-order valence-electron chi connectivity index (χ1n) is 6.93. The topological polar surface area (TPSA) is 39.8 Å². The van der Waals surface area contributed by atoms with E-state index in [1.165, 1.54) is 5.56 Å². The molecule has 3 aromatic rings. The van der Waals surface area contributed by atoms with Crippen LogP contribution in [0, 0.1) is 6.92 Å². The number of pyridine rings is 1. The van der Waals surface area contributed by atoms with Crippen LogP contribution in [-0.4, -0.2) is 14.3 Å². The third kappa shape index (κ3) is 3.28. The van der Waals surface area contributed by atoms with Gasteiger partial charge < -0.3 is 4.57 Å². The van der Waals surface area contributed by atoms with Crippen molar-refractivity contribution in [2.24, 2.45) is 0 Å². The van der Waals surface area contributed by atoms with Crippen molar-refractivity contribution in [3.63, 3.8) is 0 Å². The van der Waals surface area contributed by atoms with Gasteiger partial charge in [0, 0.05) is 18.5 Å². The summed E-state index contributed by atoms with van der Waals surface area (Å²) in [6, 6.07) is 13.5. The van der Waals surface area contributed by atoms with Crippen LogP contribution in [0.2, 0.25) is 0 Å². The summed E-state index contributed by atoms with van der Waals surface area (Å²) < 4.78 is 3.62. The Morgan fingerprint density at radius 3 is 2.33 bits per heavy atom. The van der Waals surface area contributed by atoms with Gasteiger partial charge in [0.1, 0.15) is 0 Å². The first-order valence-corrected chi connectivity index (χ1v) is 6.93. The highest BCUT2D eigenvalue weighted by Gasteiger charge is 2.00. The molecule has 0 amide bonds. The lowest BCUT2D eigenvalue weighted by Gasteiger charge is -2.07. The number of benzene rings is 1. The summed E-state index contributed by atoms with van der Waals surface area (Å²) in [7, 11) is 0. The zero-order chi connectivity index (χ0) is 14.7. The molecule has 4 heteroatoms. The van der Waals surface area contributed by atoms with Crippen LogP contribution < -0.4 is 5.56 Å². The Labute approximate surface area is 123 Å². The van der Waals surface area contributed by atoms with Crippen molar-refractivity contribution in [1.82, 2.24) is 14.3 Å². The number of aryl methyl sites for hydroxylation is 1. The maximum absolute atomic E-state index is 11.7. The van der Waals surface area contributed by atoms with Gasteiger partial charge in [-0.3, -0.25) is 9.48 Å². The van der Waals surface area contributed by atoms with Crippen molar-refractivity contribution < 1.29 is 0 Å². The van der Waals surface area contributed by atoms with Crippen LogP contribution in [0.5, 0.6) is 0 Å². The second kappa shape index (κ2) is 5.79. The molecule has 0 N–H and O–H groups in total. The molecule has 0 saturated heterocycles.